The van der Waals surface area contributed by atoms with E-state index >= 15 is 0 Å². The second-order valence-corrected chi connectivity index (χ2v) is 4.11. The van der Waals surface area contributed by atoms with Crippen LogP contribution in [0.5, 0.6) is 0 Å². The van der Waals surface area contributed by atoms with Crippen LogP contribution in [0.25, 0.3) is 11.1 Å². The molecule has 0 N–H and O–H groups in total. The van der Waals surface area contributed by atoms with E-state index in [2.05, 4.69) is 48.5 Å². The lowest BCUT2D eigenvalue weighted by atomic mass is 10.0. The van der Waals surface area contributed by atoms with Gasteiger partial charge < -0.3 is 9.47 Å². The van der Waals surface area contributed by atoms with Crippen molar-refractivity contribution in [2.75, 3.05) is 20.3 Å². The monoisotopic (exact) mass is 242 g/mol. The van der Waals surface area contributed by atoms with Crippen molar-refractivity contribution in [3.63, 3.8) is 0 Å². The molecule has 0 fully saturated rings. The fourth-order valence-corrected chi connectivity index (χ4v) is 1.76. The van der Waals surface area contributed by atoms with Crippen molar-refractivity contribution in [1.82, 2.24) is 0 Å². The third-order valence-corrected chi connectivity index (χ3v) is 2.76. The molecule has 0 bridgehead atoms. The Bertz CT molecular complexity index is 448. The van der Waals surface area contributed by atoms with E-state index in [1.165, 1.54) is 16.7 Å². The van der Waals surface area contributed by atoms with E-state index in [0.717, 1.165) is 0 Å². The average Bonchev–Trinajstić information content (AvgIpc) is 2.45. The topological polar surface area (TPSA) is 18.5 Å². The van der Waals surface area contributed by atoms with Gasteiger partial charge in [0.15, 0.2) is 0 Å². The van der Waals surface area contributed by atoms with Gasteiger partial charge in [-0.1, -0.05) is 54.6 Å². The summed E-state index contributed by atoms with van der Waals surface area (Å²) in [4.78, 5) is 0. The zero-order valence-corrected chi connectivity index (χ0v) is 10.6. The molecule has 0 radical (unpaired) electrons. The maximum absolute atomic E-state index is 5.48. The van der Waals surface area contributed by atoms with E-state index in [0.29, 0.717) is 19.8 Å². The number of hydrogen-bond acceptors (Lipinski definition) is 2. The Balaban J connectivity index is 1.94. The van der Waals surface area contributed by atoms with Crippen LogP contribution in [-0.2, 0) is 16.1 Å². The molecule has 0 saturated heterocycles. The van der Waals surface area contributed by atoms with Gasteiger partial charge in [0, 0.05) is 7.11 Å². The largest absolute Gasteiger partial charge is 0.382 e. The van der Waals surface area contributed by atoms with Crippen molar-refractivity contribution >= 4 is 0 Å². The summed E-state index contributed by atoms with van der Waals surface area (Å²) in [6.07, 6.45) is 0. The first-order valence-corrected chi connectivity index (χ1v) is 6.11. The molecule has 2 nitrogen and oxygen atoms in total. The minimum Gasteiger partial charge on any atom is -0.382 e. The van der Waals surface area contributed by atoms with E-state index in [9.17, 15) is 0 Å². The molecule has 0 aliphatic heterocycles. The van der Waals surface area contributed by atoms with Crippen molar-refractivity contribution in [3.8, 4) is 11.1 Å². The predicted octanol–water partition coefficient (Wildman–Crippen LogP) is 3.52. The standard InChI is InChI=1S/C16H18O2/c1-17-11-12-18-13-14-7-9-16(10-8-14)15-5-3-2-4-6-15/h2-10H,11-13H2,1H3. The van der Waals surface area contributed by atoms with E-state index in [4.69, 9.17) is 9.47 Å². The summed E-state index contributed by atoms with van der Waals surface area (Å²) in [5.41, 5.74) is 3.66. The molecule has 0 aromatic heterocycles. The lowest BCUT2D eigenvalue weighted by Gasteiger charge is -2.05. The summed E-state index contributed by atoms with van der Waals surface area (Å²) in [5.74, 6) is 0. The molecule has 2 aromatic rings. The van der Waals surface area contributed by atoms with Crippen LogP contribution in [0.1, 0.15) is 5.56 Å². The van der Waals surface area contributed by atoms with Crippen LogP contribution in [-0.4, -0.2) is 20.3 Å². The SMILES string of the molecule is COCCOCc1ccc(-c2ccccc2)cc1. The molecule has 0 unspecified atom stereocenters. The highest BCUT2D eigenvalue weighted by molar-refractivity contribution is 5.63. The summed E-state index contributed by atoms with van der Waals surface area (Å²) < 4.78 is 10.4. The Morgan fingerprint density at radius 2 is 1.44 bits per heavy atom. The zero-order chi connectivity index (χ0) is 12.6. The highest BCUT2D eigenvalue weighted by atomic mass is 16.5. The van der Waals surface area contributed by atoms with Gasteiger partial charge in [-0.3, -0.25) is 0 Å². The smallest absolute Gasteiger partial charge is 0.0718 e. The molecule has 0 amide bonds. The Morgan fingerprint density at radius 3 is 2.11 bits per heavy atom. The van der Waals surface area contributed by atoms with Crippen molar-refractivity contribution in [1.29, 1.82) is 0 Å². The average molecular weight is 242 g/mol. The van der Waals surface area contributed by atoms with Gasteiger partial charge >= 0.3 is 0 Å². The van der Waals surface area contributed by atoms with E-state index in [-0.39, 0.29) is 0 Å². The summed E-state index contributed by atoms with van der Waals surface area (Å²) in [7, 11) is 1.68. The van der Waals surface area contributed by atoms with Crippen LogP contribution >= 0.6 is 0 Å². The molecule has 0 atom stereocenters. The van der Waals surface area contributed by atoms with Crippen molar-refractivity contribution in [3.05, 3.63) is 60.2 Å². The minimum absolute atomic E-state index is 0.636. The fourth-order valence-electron chi connectivity index (χ4n) is 1.76. The van der Waals surface area contributed by atoms with Crippen LogP contribution < -0.4 is 0 Å². The number of methoxy groups -OCH3 is 1. The molecule has 0 aliphatic carbocycles. The highest BCUT2D eigenvalue weighted by Gasteiger charge is 1.97. The van der Waals surface area contributed by atoms with E-state index in [1.54, 1.807) is 7.11 Å². The van der Waals surface area contributed by atoms with Gasteiger partial charge in [0.1, 0.15) is 0 Å². The predicted molar refractivity (Wildman–Crippen MR) is 73.4 cm³/mol. The Morgan fingerprint density at radius 1 is 0.778 bits per heavy atom. The van der Waals surface area contributed by atoms with E-state index < -0.39 is 0 Å². The normalized spacial score (nSPS) is 10.5. The van der Waals surface area contributed by atoms with E-state index in [1.807, 2.05) is 6.07 Å². The first-order valence-electron chi connectivity index (χ1n) is 6.11. The first kappa shape index (κ1) is 12.8. The third kappa shape index (κ3) is 3.69. The third-order valence-electron chi connectivity index (χ3n) is 2.76. The van der Waals surface area contributed by atoms with Crippen LogP contribution in [0, 0.1) is 0 Å². The molecule has 0 saturated carbocycles. The first-order chi connectivity index (χ1) is 8.90. The number of ether oxygens (including phenoxy) is 2. The molecule has 18 heavy (non-hydrogen) atoms. The van der Waals surface area contributed by atoms with Crippen molar-refractivity contribution < 1.29 is 9.47 Å². The summed E-state index contributed by atoms with van der Waals surface area (Å²) in [6.45, 7) is 1.91. The van der Waals surface area contributed by atoms with Gasteiger partial charge in [-0.25, -0.2) is 0 Å². The lowest BCUT2D eigenvalue weighted by molar-refractivity contribution is 0.0617. The van der Waals surface area contributed by atoms with Gasteiger partial charge in [-0.15, -0.1) is 0 Å². The maximum Gasteiger partial charge on any atom is 0.0718 e. The van der Waals surface area contributed by atoms with Crippen LogP contribution in [0.15, 0.2) is 54.6 Å². The second kappa shape index (κ2) is 6.94. The summed E-state index contributed by atoms with van der Waals surface area (Å²) in [6, 6.07) is 18.8. The van der Waals surface area contributed by atoms with Crippen LogP contribution in [0.3, 0.4) is 0 Å². The molecule has 2 rings (SSSR count). The molecular formula is C16H18O2. The molecular weight excluding hydrogens is 224 g/mol. The molecule has 0 heterocycles. The van der Waals surface area contributed by atoms with Gasteiger partial charge in [-0.2, -0.15) is 0 Å². The fraction of sp³-hybridized carbons (Fsp3) is 0.250. The maximum atomic E-state index is 5.48. The quantitative estimate of drug-likeness (QED) is 0.722. The van der Waals surface area contributed by atoms with Crippen LogP contribution in [0.4, 0.5) is 0 Å². The zero-order valence-electron chi connectivity index (χ0n) is 10.6. The molecule has 0 aliphatic rings. The molecule has 2 heteroatoms. The van der Waals surface area contributed by atoms with Crippen molar-refractivity contribution in [2.45, 2.75) is 6.61 Å². The van der Waals surface area contributed by atoms with Gasteiger partial charge in [-0.05, 0) is 16.7 Å². The second-order valence-electron chi connectivity index (χ2n) is 4.11. The van der Waals surface area contributed by atoms with Gasteiger partial charge in [0.05, 0.1) is 19.8 Å². The summed E-state index contributed by atoms with van der Waals surface area (Å²) in [5, 5.41) is 0. The number of rotatable bonds is 6. The molecule has 0 spiro atoms. The highest BCUT2D eigenvalue weighted by Crippen LogP contribution is 2.19. The van der Waals surface area contributed by atoms with Gasteiger partial charge in [0.25, 0.3) is 0 Å². The summed E-state index contributed by atoms with van der Waals surface area (Å²) >= 11 is 0. The van der Waals surface area contributed by atoms with Crippen molar-refractivity contribution in [2.24, 2.45) is 0 Å². The Labute approximate surface area is 108 Å². The lowest BCUT2D eigenvalue weighted by Crippen LogP contribution is -2.01. The molecule has 94 valence electrons. The minimum atomic E-state index is 0.636. The van der Waals surface area contributed by atoms with Gasteiger partial charge in [0.2, 0.25) is 0 Å². The Kier molecular flexibility index (Phi) is 4.94. The molecule has 2 aromatic carbocycles. The Hall–Kier alpha value is -1.64. The number of benzene rings is 2. The van der Waals surface area contributed by atoms with Crippen LogP contribution in [0.2, 0.25) is 0 Å². The number of hydrogen-bond donors (Lipinski definition) is 0.